The fourth-order valence-electron chi connectivity index (χ4n) is 2.68. The molecule has 1 aliphatic heterocycles. The van der Waals surface area contributed by atoms with Crippen LogP contribution < -0.4 is 10.9 Å². The molecule has 6 nitrogen and oxygen atoms in total. The number of hydrazine groups is 1. The van der Waals surface area contributed by atoms with Gasteiger partial charge in [0.2, 0.25) is 5.76 Å². The van der Waals surface area contributed by atoms with Crippen LogP contribution in [-0.2, 0) is 27.1 Å². The molecule has 0 unspecified atom stereocenters. The third-order valence-corrected chi connectivity index (χ3v) is 5.12. The molecule has 2 amide bonds. The summed E-state index contributed by atoms with van der Waals surface area (Å²) in [5, 5.41) is 0. The highest BCUT2D eigenvalue weighted by Crippen LogP contribution is 2.28. The molecule has 124 valence electrons. The number of carbonyl (C=O) groups is 2. The van der Waals surface area contributed by atoms with E-state index in [1.54, 1.807) is 0 Å². The van der Waals surface area contributed by atoms with Gasteiger partial charge in [-0.3, -0.25) is 20.4 Å². The minimum absolute atomic E-state index is 0.0648. The Labute approximate surface area is 138 Å². The maximum absolute atomic E-state index is 12.2. The van der Waals surface area contributed by atoms with Gasteiger partial charge in [-0.2, -0.15) is 0 Å². The Morgan fingerprint density at radius 2 is 1.78 bits per heavy atom. The molecule has 0 saturated carbocycles. The smallest absolute Gasteiger partial charge is 0.308 e. The van der Waals surface area contributed by atoms with Gasteiger partial charge in [-0.05, 0) is 37.3 Å². The summed E-state index contributed by atoms with van der Waals surface area (Å²) in [5.41, 5.74) is 6.06. The number of fused-ring (bicyclic) bond motifs is 1. The standard InChI is InChI=1S/C16H20N2O4S/c19-15(12-10-21-7-8-22-12)17-18-16(20)14-9-11-5-3-1-2-4-6-13(11)23-14/h9-10H,1-8H2,(H,17,19)(H,18,20). The van der Waals surface area contributed by atoms with Gasteiger partial charge in [-0.25, -0.2) is 0 Å². The maximum atomic E-state index is 12.2. The van der Waals surface area contributed by atoms with E-state index in [1.807, 2.05) is 6.07 Å². The topological polar surface area (TPSA) is 76.7 Å². The van der Waals surface area contributed by atoms with Crippen LogP contribution >= 0.6 is 11.3 Å². The Hall–Kier alpha value is -2.02. The first-order valence-corrected chi connectivity index (χ1v) is 8.72. The van der Waals surface area contributed by atoms with Gasteiger partial charge in [0, 0.05) is 4.88 Å². The molecule has 7 heteroatoms. The number of hydrogen-bond acceptors (Lipinski definition) is 5. The molecule has 2 N–H and O–H groups in total. The van der Waals surface area contributed by atoms with Crippen molar-refractivity contribution >= 4 is 23.2 Å². The van der Waals surface area contributed by atoms with Gasteiger partial charge in [0.1, 0.15) is 19.5 Å². The van der Waals surface area contributed by atoms with E-state index in [0.29, 0.717) is 18.1 Å². The third-order valence-electron chi connectivity index (χ3n) is 3.88. The van der Waals surface area contributed by atoms with Crippen molar-refractivity contribution in [2.45, 2.75) is 38.5 Å². The molecule has 0 radical (unpaired) electrons. The largest absolute Gasteiger partial charge is 0.494 e. The fraction of sp³-hybridized carbons (Fsp3) is 0.500. The maximum Gasteiger partial charge on any atom is 0.308 e. The molecule has 23 heavy (non-hydrogen) atoms. The van der Waals surface area contributed by atoms with Crippen molar-refractivity contribution in [3.63, 3.8) is 0 Å². The third kappa shape index (κ3) is 4.04. The fourth-order valence-corrected chi connectivity index (χ4v) is 3.83. The van der Waals surface area contributed by atoms with Crippen molar-refractivity contribution in [1.29, 1.82) is 0 Å². The second kappa shape index (κ2) is 7.50. The van der Waals surface area contributed by atoms with Crippen molar-refractivity contribution < 1.29 is 19.1 Å². The molecule has 0 atom stereocenters. The molecule has 3 rings (SSSR count). The number of thiophene rings is 1. The number of aryl methyl sites for hydroxylation is 2. The van der Waals surface area contributed by atoms with Crippen LogP contribution in [0.4, 0.5) is 0 Å². The Morgan fingerprint density at radius 3 is 2.57 bits per heavy atom. The predicted octanol–water partition coefficient (Wildman–Crippen LogP) is 2.06. The molecule has 0 spiro atoms. The van der Waals surface area contributed by atoms with Crippen molar-refractivity contribution in [1.82, 2.24) is 10.9 Å². The van der Waals surface area contributed by atoms with Crippen LogP contribution in [0.25, 0.3) is 0 Å². The van der Waals surface area contributed by atoms with Gasteiger partial charge in [0.25, 0.3) is 5.91 Å². The number of hydrogen-bond donors (Lipinski definition) is 2. The zero-order chi connectivity index (χ0) is 16.1. The van der Waals surface area contributed by atoms with Gasteiger partial charge in [0.15, 0.2) is 0 Å². The van der Waals surface area contributed by atoms with Crippen LogP contribution in [0, 0.1) is 0 Å². The molecule has 0 fully saturated rings. The molecule has 1 aliphatic carbocycles. The van der Waals surface area contributed by atoms with Crippen LogP contribution in [-0.4, -0.2) is 25.0 Å². The van der Waals surface area contributed by atoms with E-state index in [0.717, 1.165) is 12.8 Å². The lowest BCUT2D eigenvalue weighted by Gasteiger charge is -2.15. The quantitative estimate of drug-likeness (QED) is 0.811. The summed E-state index contributed by atoms with van der Waals surface area (Å²) >= 11 is 1.52. The lowest BCUT2D eigenvalue weighted by atomic mass is 10.00. The van der Waals surface area contributed by atoms with Crippen LogP contribution in [0.15, 0.2) is 18.1 Å². The molecular weight excluding hydrogens is 316 g/mol. The summed E-state index contributed by atoms with van der Waals surface area (Å²) < 4.78 is 10.2. The average molecular weight is 336 g/mol. The highest BCUT2D eigenvalue weighted by Gasteiger charge is 2.18. The summed E-state index contributed by atoms with van der Waals surface area (Å²) in [6, 6.07) is 1.95. The molecule has 2 aliphatic rings. The molecule has 2 heterocycles. The van der Waals surface area contributed by atoms with Gasteiger partial charge >= 0.3 is 5.91 Å². The van der Waals surface area contributed by atoms with Crippen molar-refractivity contribution in [3.05, 3.63) is 33.4 Å². The van der Waals surface area contributed by atoms with Crippen LogP contribution in [0.3, 0.4) is 0 Å². The van der Waals surface area contributed by atoms with Crippen LogP contribution in [0.5, 0.6) is 0 Å². The van der Waals surface area contributed by atoms with Gasteiger partial charge in [0.05, 0.1) is 4.88 Å². The summed E-state index contributed by atoms with van der Waals surface area (Å²) in [5.74, 6) is -0.754. The molecule has 0 aromatic carbocycles. The minimum atomic E-state index is -0.520. The summed E-state index contributed by atoms with van der Waals surface area (Å²) in [7, 11) is 0. The average Bonchev–Trinajstić information content (AvgIpc) is 2.95. The van der Waals surface area contributed by atoms with Crippen molar-refractivity contribution in [2.75, 3.05) is 13.2 Å². The first-order chi connectivity index (χ1) is 11.2. The van der Waals surface area contributed by atoms with Crippen molar-refractivity contribution in [3.8, 4) is 0 Å². The van der Waals surface area contributed by atoms with E-state index < -0.39 is 5.91 Å². The zero-order valence-corrected chi connectivity index (χ0v) is 13.7. The monoisotopic (exact) mass is 336 g/mol. The van der Waals surface area contributed by atoms with E-state index >= 15 is 0 Å². The summed E-state index contributed by atoms with van der Waals surface area (Å²) in [4.78, 5) is 26.0. The lowest BCUT2D eigenvalue weighted by molar-refractivity contribution is -0.123. The molecular formula is C16H20N2O4S. The molecule has 1 aromatic rings. The van der Waals surface area contributed by atoms with Crippen LogP contribution in [0.2, 0.25) is 0 Å². The summed E-state index contributed by atoms with van der Waals surface area (Å²) in [6.07, 6.45) is 8.18. The Balaban J connectivity index is 1.58. The Bertz CT molecular complexity index is 598. The van der Waals surface area contributed by atoms with E-state index in [-0.39, 0.29) is 11.7 Å². The first-order valence-electron chi connectivity index (χ1n) is 7.91. The Morgan fingerprint density at radius 1 is 1.00 bits per heavy atom. The lowest BCUT2D eigenvalue weighted by Crippen LogP contribution is -2.42. The van der Waals surface area contributed by atoms with Crippen LogP contribution in [0.1, 0.15) is 45.8 Å². The van der Waals surface area contributed by atoms with E-state index in [2.05, 4.69) is 10.9 Å². The zero-order valence-electron chi connectivity index (χ0n) is 12.9. The van der Waals surface area contributed by atoms with Gasteiger partial charge in [-0.15, -0.1) is 11.3 Å². The number of carbonyl (C=O) groups excluding carboxylic acids is 2. The van der Waals surface area contributed by atoms with Crippen molar-refractivity contribution in [2.24, 2.45) is 0 Å². The number of rotatable bonds is 2. The number of amides is 2. The minimum Gasteiger partial charge on any atom is -0.494 e. The van der Waals surface area contributed by atoms with E-state index in [9.17, 15) is 9.59 Å². The second-order valence-electron chi connectivity index (χ2n) is 5.58. The van der Waals surface area contributed by atoms with E-state index in [1.165, 1.54) is 53.7 Å². The highest BCUT2D eigenvalue weighted by molar-refractivity contribution is 7.14. The highest BCUT2D eigenvalue weighted by atomic mass is 32.1. The number of ether oxygens (including phenoxy) is 2. The second-order valence-corrected chi connectivity index (χ2v) is 6.72. The predicted molar refractivity (Wildman–Crippen MR) is 85.8 cm³/mol. The molecule has 0 bridgehead atoms. The number of nitrogens with one attached hydrogen (secondary N) is 2. The Kier molecular flexibility index (Phi) is 5.17. The van der Waals surface area contributed by atoms with E-state index in [4.69, 9.17) is 9.47 Å². The normalized spacial score (nSPS) is 17.5. The first kappa shape index (κ1) is 15.9. The van der Waals surface area contributed by atoms with Gasteiger partial charge < -0.3 is 9.47 Å². The molecule has 1 aromatic heterocycles. The molecule has 0 saturated heterocycles. The van der Waals surface area contributed by atoms with Gasteiger partial charge in [-0.1, -0.05) is 12.8 Å². The SMILES string of the molecule is O=C(NNC(=O)c1cc2c(s1)CCCCCC2)C1=COCCO1. The summed E-state index contributed by atoms with van der Waals surface area (Å²) in [6.45, 7) is 0.745.